The van der Waals surface area contributed by atoms with E-state index in [0.29, 0.717) is 21.5 Å². The molecule has 1 unspecified atom stereocenters. The fraction of sp³-hybridized carbons (Fsp3) is 0.200. The van der Waals surface area contributed by atoms with Crippen molar-refractivity contribution in [2.45, 2.75) is 19.4 Å². The minimum atomic E-state index is 0.114. The van der Waals surface area contributed by atoms with Gasteiger partial charge in [0.25, 0.3) is 0 Å². The van der Waals surface area contributed by atoms with Gasteiger partial charge in [-0.05, 0) is 69.0 Å². The summed E-state index contributed by atoms with van der Waals surface area (Å²) in [7, 11) is 0. The minimum absolute atomic E-state index is 0.114. The van der Waals surface area contributed by atoms with Crippen molar-refractivity contribution in [2.75, 3.05) is 0 Å². The highest BCUT2D eigenvalue weighted by atomic mass is 79.9. The standard InChI is InChI=1S/C15H13Br2Cl2NO/c1-8(20)4-9-2-3-14(11(17)5-9)21-15-7-12(18)10(16)6-13(15)19/h2-3,5-8H,4,20H2,1H3. The van der Waals surface area contributed by atoms with Gasteiger partial charge in [0.1, 0.15) is 11.5 Å². The van der Waals surface area contributed by atoms with Crippen LogP contribution in [-0.2, 0) is 6.42 Å². The first kappa shape index (κ1) is 17.1. The average molecular weight is 454 g/mol. The second-order valence-corrected chi connectivity index (χ2v) is 7.27. The van der Waals surface area contributed by atoms with Gasteiger partial charge in [0, 0.05) is 16.6 Å². The molecule has 0 aliphatic heterocycles. The van der Waals surface area contributed by atoms with Crippen molar-refractivity contribution in [2.24, 2.45) is 5.73 Å². The first-order chi connectivity index (χ1) is 9.86. The fourth-order valence-corrected chi connectivity index (χ4v) is 3.17. The quantitative estimate of drug-likeness (QED) is 0.559. The smallest absolute Gasteiger partial charge is 0.147 e. The van der Waals surface area contributed by atoms with Gasteiger partial charge in [-0.1, -0.05) is 29.3 Å². The van der Waals surface area contributed by atoms with Crippen molar-refractivity contribution in [1.29, 1.82) is 0 Å². The van der Waals surface area contributed by atoms with E-state index < -0.39 is 0 Å². The molecule has 2 rings (SSSR count). The number of halogens is 4. The van der Waals surface area contributed by atoms with E-state index in [4.69, 9.17) is 33.7 Å². The lowest BCUT2D eigenvalue weighted by atomic mass is 10.1. The third kappa shape index (κ3) is 4.60. The predicted molar refractivity (Wildman–Crippen MR) is 95.7 cm³/mol. The molecule has 0 aromatic heterocycles. The molecule has 0 heterocycles. The largest absolute Gasteiger partial charge is 0.455 e. The van der Waals surface area contributed by atoms with Crippen LogP contribution in [0.1, 0.15) is 12.5 Å². The number of rotatable bonds is 4. The van der Waals surface area contributed by atoms with Crippen LogP contribution in [0.2, 0.25) is 10.0 Å². The summed E-state index contributed by atoms with van der Waals surface area (Å²) >= 11 is 19.0. The van der Waals surface area contributed by atoms with E-state index in [1.807, 2.05) is 25.1 Å². The molecule has 0 bridgehead atoms. The Morgan fingerprint density at radius 3 is 2.38 bits per heavy atom. The van der Waals surface area contributed by atoms with E-state index in [2.05, 4.69) is 31.9 Å². The van der Waals surface area contributed by atoms with E-state index in [1.165, 1.54) is 0 Å². The van der Waals surface area contributed by atoms with Crippen LogP contribution in [0.15, 0.2) is 39.3 Å². The van der Waals surface area contributed by atoms with E-state index >= 15 is 0 Å². The van der Waals surface area contributed by atoms with E-state index in [9.17, 15) is 0 Å². The summed E-state index contributed by atoms with van der Waals surface area (Å²) in [6.07, 6.45) is 0.809. The SMILES string of the molecule is CC(N)Cc1ccc(Oc2cc(Cl)c(Br)cc2Cl)c(Br)c1. The van der Waals surface area contributed by atoms with Crippen LogP contribution in [0.3, 0.4) is 0 Å². The maximum absolute atomic E-state index is 6.16. The van der Waals surface area contributed by atoms with Crippen LogP contribution in [-0.4, -0.2) is 6.04 Å². The summed E-state index contributed by atoms with van der Waals surface area (Å²) in [5, 5.41) is 1.02. The third-order valence-electron chi connectivity index (χ3n) is 2.75. The summed E-state index contributed by atoms with van der Waals surface area (Å²) in [5.74, 6) is 1.18. The van der Waals surface area contributed by atoms with Crippen LogP contribution in [0, 0.1) is 0 Å². The molecule has 0 radical (unpaired) electrons. The second kappa shape index (κ2) is 7.34. The normalized spacial score (nSPS) is 12.3. The molecule has 0 fully saturated rings. The minimum Gasteiger partial charge on any atom is -0.455 e. The lowest BCUT2D eigenvalue weighted by molar-refractivity contribution is 0.479. The maximum Gasteiger partial charge on any atom is 0.147 e. The molecule has 0 aliphatic rings. The Morgan fingerprint density at radius 1 is 1.05 bits per heavy atom. The van der Waals surface area contributed by atoms with Gasteiger partial charge < -0.3 is 10.5 Å². The zero-order valence-electron chi connectivity index (χ0n) is 11.2. The monoisotopic (exact) mass is 451 g/mol. The zero-order chi connectivity index (χ0) is 15.6. The Kier molecular flexibility index (Phi) is 5.97. The summed E-state index contributed by atoms with van der Waals surface area (Å²) in [5.41, 5.74) is 6.95. The summed E-state index contributed by atoms with van der Waals surface area (Å²) in [4.78, 5) is 0. The fourth-order valence-electron chi connectivity index (χ4n) is 1.83. The summed E-state index contributed by atoms with van der Waals surface area (Å²) in [6, 6.07) is 9.36. The van der Waals surface area contributed by atoms with Crippen LogP contribution in [0.4, 0.5) is 0 Å². The van der Waals surface area contributed by atoms with Gasteiger partial charge >= 0.3 is 0 Å². The molecule has 2 aromatic rings. The molecule has 1 atom stereocenters. The summed E-state index contributed by atoms with van der Waals surface area (Å²) in [6.45, 7) is 1.97. The highest BCUT2D eigenvalue weighted by Crippen LogP contribution is 2.38. The molecule has 0 saturated carbocycles. The first-order valence-corrected chi connectivity index (χ1v) is 8.57. The third-order valence-corrected chi connectivity index (χ3v) is 4.86. The molecular weight excluding hydrogens is 441 g/mol. The molecule has 0 amide bonds. The summed E-state index contributed by atoms with van der Waals surface area (Å²) < 4.78 is 7.39. The second-order valence-electron chi connectivity index (χ2n) is 4.74. The molecule has 0 aliphatic carbocycles. The van der Waals surface area contributed by atoms with Gasteiger partial charge in [0.05, 0.1) is 14.5 Å². The molecule has 0 saturated heterocycles. The lowest BCUT2D eigenvalue weighted by Crippen LogP contribution is -2.17. The first-order valence-electron chi connectivity index (χ1n) is 6.23. The molecule has 6 heteroatoms. The Morgan fingerprint density at radius 2 is 1.76 bits per heavy atom. The number of hydrogen-bond donors (Lipinski definition) is 1. The molecule has 2 aromatic carbocycles. The van der Waals surface area contributed by atoms with Crippen molar-refractivity contribution in [3.05, 3.63) is 54.9 Å². The highest BCUT2D eigenvalue weighted by molar-refractivity contribution is 9.10. The number of benzene rings is 2. The highest BCUT2D eigenvalue weighted by Gasteiger charge is 2.10. The van der Waals surface area contributed by atoms with Gasteiger partial charge in [-0.15, -0.1) is 0 Å². The Balaban J connectivity index is 2.26. The Bertz CT molecular complexity index is 662. The molecule has 0 spiro atoms. The van der Waals surface area contributed by atoms with Gasteiger partial charge in [-0.3, -0.25) is 0 Å². The number of hydrogen-bond acceptors (Lipinski definition) is 2. The predicted octanol–water partition coefficient (Wildman–Crippen LogP) is 6.20. The lowest BCUT2D eigenvalue weighted by Gasteiger charge is -2.12. The van der Waals surface area contributed by atoms with Crippen molar-refractivity contribution in [3.8, 4) is 11.5 Å². The Labute approximate surface area is 150 Å². The zero-order valence-corrected chi connectivity index (χ0v) is 15.9. The van der Waals surface area contributed by atoms with Crippen LogP contribution in [0.25, 0.3) is 0 Å². The maximum atomic E-state index is 6.16. The molecule has 112 valence electrons. The van der Waals surface area contributed by atoms with Crippen LogP contribution in [0.5, 0.6) is 11.5 Å². The van der Waals surface area contributed by atoms with E-state index in [0.717, 1.165) is 20.9 Å². The van der Waals surface area contributed by atoms with E-state index in [-0.39, 0.29) is 6.04 Å². The van der Waals surface area contributed by atoms with Crippen LogP contribution < -0.4 is 10.5 Å². The molecule has 2 nitrogen and oxygen atoms in total. The molecule has 21 heavy (non-hydrogen) atoms. The Hall–Kier alpha value is -0.260. The van der Waals surface area contributed by atoms with Crippen molar-refractivity contribution in [1.82, 2.24) is 0 Å². The van der Waals surface area contributed by atoms with Crippen molar-refractivity contribution < 1.29 is 4.74 Å². The number of ether oxygens (including phenoxy) is 1. The van der Waals surface area contributed by atoms with Crippen LogP contribution >= 0.6 is 55.1 Å². The van der Waals surface area contributed by atoms with Gasteiger partial charge in [0.2, 0.25) is 0 Å². The van der Waals surface area contributed by atoms with Crippen molar-refractivity contribution in [3.63, 3.8) is 0 Å². The number of nitrogens with two attached hydrogens (primary N) is 1. The average Bonchev–Trinajstić information content (AvgIpc) is 2.38. The molecular formula is C15H13Br2Cl2NO. The topological polar surface area (TPSA) is 35.2 Å². The van der Waals surface area contributed by atoms with E-state index in [1.54, 1.807) is 12.1 Å². The van der Waals surface area contributed by atoms with Gasteiger partial charge in [0.15, 0.2) is 0 Å². The van der Waals surface area contributed by atoms with Crippen molar-refractivity contribution >= 4 is 55.1 Å². The molecule has 2 N–H and O–H groups in total. The van der Waals surface area contributed by atoms with Gasteiger partial charge in [-0.2, -0.15) is 0 Å². The van der Waals surface area contributed by atoms with Gasteiger partial charge in [-0.25, -0.2) is 0 Å².